The topological polar surface area (TPSA) is 235 Å². The smallest absolute Gasteiger partial charge is 0.549 e. The number of sulfonamides is 2. The molecule has 0 saturated heterocycles. The van der Waals surface area contributed by atoms with Crippen LogP contribution in [0.15, 0.2) is 58.3 Å². The number of rotatable bonds is 12. The van der Waals surface area contributed by atoms with Gasteiger partial charge in [-0.15, -0.1) is 0 Å². The normalized spacial score (nSPS) is 10.2. The summed E-state index contributed by atoms with van der Waals surface area (Å²) in [6.07, 6.45) is 0. The Balaban J connectivity index is -0.000000656. The van der Waals surface area contributed by atoms with E-state index in [1.165, 1.54) is 24.3 Å². The van der Waals surface area contributed by atoms with Crippen LogP contribution < -0.4 is 80.0 Å². The molecule has 2 amide bonds. The first-order valence-electron chi connectivity index (χ1n) is 10.6. The molecule has 0 saturated carbocycles. The Kier molecular flexibility index (Phi) is 23.2. The van der Waals surface area contributed by atoms with Gasteiger partial charge in [-0.05, 0) is 38.1 Å². The quantitative estimate of drug-likeness (QED) is 0.195. The first-order valence-corrected chi connectivity index (χ1v) is 13.5. The van der Waals surface area contributed by atoms with Crippen LogP contribution in [0.4, 0.5) is 0 Å². The van der Waals surface area contributed by atoms with E-state index in [0.29, 0.717) is 0 Å². The Morgan fingerprint density at radius 2 is 0.878 bits per heavy atom. The van der Waals surface area contributed by atoms with Crippen LogP contribution >= 0.6 is 0 Å². The number of aryl methyl sites for hydroxylation is 2. The van der Waals surface area contributed by atoms with Crippen molar-refractivity contribution in [2.75, 3.05) is 26.2 Å². The Morgan fingerprint density at radius 1 is 0.610 bits per heavy atom. The number of carbonyl (C=O) groups excluding carboxylic acids is 4. The van der Waals surface area contributed by atoms with E-state index in [4.69, 9.17) is 0 Å². The van der Waals surface area contributed by atoms with E-state index < -0.39 is 70.0 Å². The average Bonchev–Trinajstić information content (AvgIpc) is 2.79. The zero-order chi connectivity index (χ0) is 28.9. The third kappa shape index (κ3) is 18.8. The fourth-order valence-corrected chi connectivity index (χ4v) is 4.24. The summed E-state index contributed by atoms with van der Waals surface area (Å²) in [7, 11) is -8.11. The van der Waals surface area contributed by atoms with Crippen molar-refractivity contribution in [3.63, 3.8) is 0 Å². The molecule has 14 nitrogen and oxygen atoms in total. The van der Waals surface area contributed by atoms with Crippen molar-refractivity contribution < 1.29 is 126 Å². The first-order chi connectivity index (χ1) is 17.6. The van der Waals surface area contributed by atoms with Crippen molar-refractivity contribution in [1.29, 1.82) is 0 Å². The predicted octanol–water partition coefficient (Wildman–Crippen LogP) is -8.15. The molecule has 0 heterocycles. The van der Waals surface area contributed by atoms with E-state index in [2.05, 4.69) is 20.1 Å². The summed E-state index contributed by atoms with van der Waals surface area (Å²) < 4.78 is 53.0. The number of carboxylic acids is 2. The summed E-state index contributed by atoms with van der Waals surface area (Å²) in [6.45, 7) is 1.51. The molecule has 19 heteroatoms. The van der Waals surface area contributed by atoms with E-state index in [1.54, 1.807) is 38.1 Å². The van der Waals surface area contributed by atoms with Gasteiger partial charge in [-0.1, -0.05) is 35.4 Å². The maximum absolute atomic E-state index is 11.7. The summed E-state index contributed by atoms with van der Waals surface area (Å²) in [4.78, 5) is 42.5. The van der Waals surface area contributed by atoms with Crippen LogP contribution in [0.3, 0.4) is 0 Å². The average molecular weight is 721 g/mol. The number of hydrogen-bond donors (Lipinski definition) is 2. The SMILES string of the molecule is Cc1ccc(S(=O)(=O)[N-]C(=O)CNCC(=O)[O-])cc1.Cc1ccc(S(=O)(=O)[N-]C(=O)CNCC(=O)[O-])cc1.[Na+].[Na+].[Pd]. The minimum atomic E-state index is -4.05. The Labute approximate surface area is 296 Å². The van der Waals surface area contributed by atoms with Crippen LogP contribution in [0, 0.1) is 13.8 Å². The minimum Gasteiger partial charge on any atom is -0.549 e. The third-order valence-electron chi connectivity index (χ3n) is 4.17. The number of carboxylic acid groups (broad SMARTS) is 2. The maximum Gasteiger partial charge on any atom is 1.00 e. The van der Waals surface area contributed by atoms with Gasteiger partial charge in [0.2, 0.25) is 0 Å². The number of amides is 2. The third-order valence-corrected chi connectivity index (χ3v) is 6.80. The molecule has 0 bridgehead atoms. The van der Waals surface area contributed by atoms with Gasteiger partial charge in [-0.2, -0.15) is 0 Å². The van der Waals surface area contributed by atoms with Gasteiger partial charge in [-0.25, -0.2) is 16.8 Å². The van der Waals surface area contributed by atoms with Crippen molar-refractivity contribution in [1.82, 2.24) is 10.6 Å². The Hall–Kier alpha value is -1.20. The van der Waals surface area contributed by atoms with Crippen molar-refractivity contribution in [2.24, 2.45) is 0 Å². The van der Waals surface area contributed by atoms with E-state index in [0.717, 1.165) is 11.1 Å². The van der Waals surface area contributed by atoms with Crippen LogP contribution in [0.5, 0.6) is 0 Å². The van der Waals surface area contributed by atoms with E-state index in [9.17, 15) is 46.2 Å². The second-order valence-corrected chi connectivity index (χ2v) is 10.7. The van der Waals surface area contributed by atoms with E-state index in [1.807, 2.05) is 0 Å². The molecule has 0 aliphatic rings. The molecule has 2 N–H and O–H groups in total. The standard InChI is InChI=1S/2C11H14N2O5S.2Na.Pd/c2*1-8-2-4-9(5-3-8)19(17,18)13-10(14)6-12-7-11(15)16;;;/h2*2-5,12H,6-7H2,1H3,(H2,13,14,15,16);;;/q;;2*+1;/p-4. The molecule has 218 valence electrons. The molecule has 41 heavy (non-hydrogen) atoms. The van der Waals surface area contributed by atoms with E-state index in [-0.39, 0.29) is 89.3 Å². The largest absolute Gasteiger partial charge is 1.00 e. The molecule has 0 aromatic heterocycles. The van der Waals surface area contributed by atoms with Gasteiger partial charge in [0.15, 0.2) is 0 Å². The summed E-state index contributed by atoms with van der Waals surface area (Å²) in [5, 5.41) is 24.6. The van der Waals surface area contributed by atoms with Gasteiger partial charge in [-0.3, -0.25) is 0 Å². The number of aliphatic carboxylic acids is 2. The Bertz CT molecular complexity index is 1250. The molecule has 0 spiro atoms. The van der Waals surface area contributed by atoms with E-state index >= 15 is 0 Å². The minimum absolute atomic E-state index is 0. The molecule has 0 radical (unpaired) electrons. The fraction of sp³-hybridized carbons (Fsp3) is 0.273. The second kappa shape index (κ2) is 21.5. The maximum atomic E-state index is 11.7. The molecule has 2 rings (SSSR count). The molecule has 2 aromatic carbocycles. The van der Waals surface area contributed by atoms with Gasteiger partial charge in [0.25, 0.3) is 0 Å². The molecule has 0 unspecified atom stereocenters. The molecular weight excluding hydrogens is 697 g/mol. The van der Waals surface area contributed by atoms with Gasteiger partial charge in [0, 0.05) is 46.6 Å². The van der Waals surface area contributed by atoms with Crippen LogP contribution in [-0.2, 0) is 59.6 Å². The molecule has 0 aliphatic carbocycles. The number of benzene rings is 2. The fourth-order valence-electron chi connectivity index (χ4n) is 2.40. The number of carbonyl (C=O) groups is 4. The predicted molar refractivity (Wildman–Crippen MR) is 129 cm³/mol. The molecule has 2 aromatic rings. The first kappa shape index (κ1) is 44.2. The monoisotopic (exact) mass is 720 g/mol. The number of hydrogen-bond acceptors (Lipinski definition) is 12. The van der Waals surface area contributed by atoms with Crippen molar-refractivity contribution in [3.05, 3.63) is 69.1 Å². The summed E-state index contributed by atoms with van der Waals surface area (Å²) in [5.74, 6) is -4.73. The second-order valence-electron chi connectivity index (χ2n) is 7.50. The summed E-state index contributed by atoms with van der Waals surface area (Å²) in [6, 6.07) is 11.7. The van der Waals surface area contributed by atoms with Gasteiger partial charge >= 0.3 is 59.1 Å². The molecule has 0 fully saturated rings. The van der Waals surface area contributed by atoms with Gasteiger partial charge in [0.05, 0.1) is 33.5 Å². The Morgan fingerprint density at radius 3 is 1.12 bits per heavy atom. The van der Waals surface area contributed by atoms with Gasteiger partial charge in [0.1, 0.15) is 20.0 Å². The van der Waals surface area contributed by atoms with Crippen LogP contribution in [0.25, 0.3) is 9.44 Å². The van der Waals surface area contributed by atoms with Crippen LogP contribution in [0.2, 0.25) is 0 Å². The number of nitrogens with zero attached hydrogens (tertiary/aromatic N) is 2. The van der Waals surface area contributed by atoms with Gasteiger partial charge < -0.3 is 49.5 Å². The zero-order valence-corrected chi connectivity index (χ0v) is 29.7. The molecule has 0 atom stereocenters. The van der Waals surface area contributed by atoms with Crippen molar-refractivity contribution in [3.8, 4) is 0 Å². The summed E-state index contributed by atoms with van der Waals surface area (Å²) in [5.41, 5.74) is 1.75. The summed E-state index contributed by atoms with van der Waals surface area (Å²) >= 11 is 0. The molecule has 0 aliphatic heterocycles. The van der Waals surface area contributed by atoms with Crippen molar-refractivity contribution in [2.45, 2.75) is 23.6 Å². The number of nitrogens with one attached hydrogen (secondary N) is 2. The zero-order valence-electron chi connectivity index (χ0n) is 22.6. The van der Waals surface area contributed by atoms with Crippen LogP contribution in [0.1, 0.15) is 11.1 Å². The van der Waals surface area contributed by atoms with Crippen molar-refractivity contribution >= 4 is 43.8 Å². The van der Waals surface area contributed by atoms with Crippen LogP contribution in [-0.4, -0.2) is 66.8 Å². The molecular formula is C22H24N4Na2O10PdS2-2.